The van der Waals surface area contributed by atoms with E-state index in [1.54, 1.807) is 18.2 Å². The summed E-state index contributed by atoms with van der Waals surface area (Å²) in [5.41, 5.74) is 1.55. The number of rotatable bonds is 2. The molecule has 0 aliphatic carbocycles. The molecule has 0 aromatic heterocycles. The summed E-state index contributed by atoms with van der Waals surface area (Å²) in [5, 5.41) is 0. The molecule has 0 fully saturated rings. The smallest absolute Gasteiger partial charge is 0.161 e. The minimum absolute atomic E-state index is 0.0480. The summed E-state index contributed by atoms with van der Waals surface area (Å²) in [6.45, 7) is 0. The molecule has 0 spiro atoms. The molecule has 4 rings (SSSR count). The highest BCUT2D eigenvalue weighted by Gasteiger charge is 2.26. The number of fused-ring (bicyclic) bond motifs is 1. The summed E-state index contributed by atoms with van der Waals surface area (Å²) in [6, 6.07) is 9.60. The van der Waals surface area contributed by atoms with Gasteiger partial charge in [-0.2, -0.15) is 0 Å². The zero-order valence-electron chi connectivity index (χ0n) is 13.9. The van der Waals surface area contributed by atoms with Crippen LogP contribution in [-0.2, 0) is 6.42 Å². The van der Waals surface area contributed by atoms with Crippen LogP contribution in [0.2, 0.25) is 0 Å². The molecular weight excluding hydrogens is 363 g/mol. The maximum Gasteiger partial charge on any atom is 0.161 e. The van der Waals surface area contributed by atoms with Crippen molar-refractivity contribution in [2.75, 3.05) is 0 Å². The Morgan fingerprint density at radius 3 is 2.30 bits per heavy atom. The molecule has 0 saturated heterocycles. The van der Waals surface area contributed by atoms with Crippen molar-refractivity contribution in [3.63, 3.8) is 0 Å². The van der Waals surface area contributed by atoms with Crippen molar-refractivity contribution < 1.29 is 26.7 Å². The molecular formula is C21H13F5O. The van der Waals surface area contributed by atoms with Gasteiger partial charge in [0, 0.05) is 23.3 Å². The van der Waals surface area contributed by atoms with E-state index in [4.69, 9.17) is 4.74 Å². The SMILES string of the molecule is Fc1ccc(-c2ccc3c(c2)CCC(c2cc(F)c(F)cc2F)O3)c(F)c1. The van der Waals surface area contributed by atoms with Crippen molar-refractivity contribution in [2.45, 2.75) is 18.9 Å². The molecule has 0 bridgehead atoms. The Bertz CT molecular complexity index is 1030. The van der Waals surface area contributed by atoms with Gasteiger partial charge in [0.05, 0.1) is 0 Å². The second kappa shape index (κ2) is 6.68. The molecule has 1 nitrogen and oxygen atoms in total. The van der Waals surface area contributed by atoms with Crippen LogP contribution in [0, 0.1) is 29.1 Å². The predicted octanol–water partition coefficient (Wildman–Crippen LogP) is 6.12. The monoisotopic (exact) mass is 376 g/mol. The third-order valence-corrected chi connectivity index (χ3v) is 4.63. The van der Waals surface area contributed by atoms with Crippen LogP contribution in [0.4, 0.5) is 22.0 Å². The fourth-order valence-electron chi connectivity index (χ4n) is 3.28. The van der Waals surface area contributed by atoms with Crippen LogP contribution in [0.1, 0.15) is 23.7 Å². The Labute approximate surface area is 152 Å². The number of halogens is 5. The minimum atomic E-state index is -1.25. The Morgan fingerprint density at radius 2 is 1.52 bits per heavy atom. The van der Waals surface area contributed by atoms with Gasteiger partial charge < -0.3 is 4.74 Å². The van der Waals surface area contributed by atoms with Gasteiger partial charge in [0.25, 0.3) is 0 Å². The number of hydrogen-bond donors (Lipinski definition) is 0. The highest BCUT2D eigenvalue weighted by Crippen LogP contribution is 2.38. The van der Waals surface area contributed by atoms with Gasteiger partial charge in [-0.05, 0) is 54.3 Å². The second-order valence-corrected chi connectivity index (χ2v) is 6.38. The average Bonchev–Trinajstić information content (AvgIpc) is 2.64. The van der Waals surface area contributed by atoms with Gasteiger partial charge in [-0.15, -0.1) is 0 Å². The summed E-state index contributed by atoms with van der Waals surface area (Å²) in [7, 11) is 0. The molecule has 1 aliphatic rings. The summed E-state index contributed by atoms with van der Waals surface area (Å²) < 4.78 is 73.4. The van der Waals surface area contributed by atoms with Crippen LogP contribution in [0.15, 0.2) is 48.5 Å². The third-order valence-electron chi connectivity index (χ3n) is 4.63. The fraction of sp³-hybridized carbons (Fsp3) is 0.143. The van der Waals surface area contributed by atoms with E-state index in [0.29, 0.717) is 30.2 Å². The average molecular weight is 376 g/mol. The van der Waals surface area contributed by atoms with Gasteiger partial charge in [-0.3, -0.25) is 0 Å². The molecule has 3 aromatic rings. The maximum absolute atomic E-state index is 14.0. The highest BCUT2D eigenvalue weighted by atomic mass is 19.2. The number of aryl methyl sites for hydroxylation is 1. The van der Waals surface area contributed by atoms with Crippen LogP contribution in [0.3, 0.4) is 0 Å². The van der Waals surface area contributed by atoms with E-state index in [0.717, 1.165) is 17.7 Å². The molecule has 0 amide bonds. The second-order valence-electron chi connectivity index (χ2n) is 6.38. The van der Waals surface area contributed by atoms with E-state index in [2.05, 4.69) is 0 Å². The molecule has 6 heteroatoms. The lowest BCUT2D eigenvalue weighted by Crippen LogP contribution is -2.17. The first kappa shape index (κ1) is 17.5. The van der Waals surface area contributed by atoms with Gasteiger partial charge >= 0.3 is 0 Å². The number of benzene rings is 3. The van der Waals surface area contributed by atoms with Gasteiger partial charge in [0.2, 0.25) is 0 Å². The summed E-state index contributed by atoms with van der Waals surface area (Å²) in [6.07, 6.45) is 0.0837. The molecule has 0 N–H and O–H groups in total. The first-order valence-corrected chi connectivity index (χ1v) is 8.32. The standard InChI is InChI=1S/C21H13F5O/c22-13-3-4-14(16(23)8-13)11-1-5-20-12(7-11)2-6-21(27-20)15-9-18(25)19(26)10-17(15)24/h1,3-5,7-10,21H,2,6H2. The Hall–Kier alpha value is -2.89. The van der Waals surface area contributed by atoms with Crippen molar-refractivity contribution in [2.24, 2.45) is 0 Å². The zero-order chi connectivity index (χ0) is 19.1. The van der Waals surface area contributed by atoms with Gasteiger partial charge in [-0.25, -0.2) is 22.0 Å². The summed E-state index contributed by atoms with van der Waals surface area (Å²) in [5.74, 6) is -4.13. The topological polar surface area (TPSA) is 9.23 Å². The molecule has 1 atom stereocenters. The van der Waals surface area contributed by atoms with Crippen molar-refractivity contribution in [3.8, 4) is 16.9 Å². The molecule has 27 heavy (non-hydrogen) atoms. The molecule has 1 unspecified atom stereocenters. The van der Waals surface area contributed by atoms with E-state index >= 15 is 0 Å². The molecule has 1 aliphatic heterocycles. The van der Waals surface area contributed by atoms with Crippen LogP contribution in [0.5, 0.6) is 5.75 Å². The molecule has 0 radical (unpaired) electrons. The van der Waals surface area contributed by atoms with Gasteiger partial charge in [0.1, 0.15) is 29.3 Å². The van der Waals surface area contributed by atoms with E-state index in [-0.39, 0.29) is 11.1 Å². The van der Waals surface area contributed by atoms with Gasteiger partial charge in [-0.1, -0.05) is 6.07 Å². The van der Waals surface area contributed by atoms with Crippen LogP contribution >= 0.6 is 0 Å². The fourth-order valence-corrected chi connectivity index (χ4v) is 3.28. The van der Waals surface area contributed by atoms with E-state index < -0.39 is 35.2 Å². The van der Waals surface area contributed by atoms with Crippen molar-refractivity contribution in [1.29, 1.82) is 0 Å². The quantitative estimate of drug-likeness (QED) is 0.387. The number of hydrogen-bond acceptors (Lipinski definition) is 1. The van der Waals surface area contributed by atoms with E-state index in [1.807, 2.05) is 0 Å². The summed E-state index contributed by atoms with van der Waals surface area (Å²) >= 11 is 0. The first-order chi connectivity index (χ1) is 12.9. The molecule has 1 heterocycles. The molecule has 3 aromatic carbocycles. The van der Waals surface area contributed by atoms with Crippen molar-refractivity contribution in [1.82, 2.24) is 0 Å². The van der Waals surface area contributed by atoms with Crippen LogP contribution in [-0.4, -0.2) is 0 Å². The van der Waals surface area contributed by atoms with Crippen molar-refractivity contribution in [3.05, 3.63) is 88.7 Å². The molecule has 0 saturated carbocycles. The van der Waals surface area contributed by atoms with Crippen LogP contribution < -0.4 is 4.74 Å². The van der Waals surface area contributed by atoms with E-state index in [9.17, 15) is 22.0 Å². The minimum Gasteiger partial charge on any atom is -0.485 e. The first-order valence-electron chi connectivity index (χ1n) is 8.32. The summed E-state index contributed by atoms with van der Waals surface area (Å²) in [4.78, 5) is 0. The van der Waals surface area contributed by atoms with Crippen LogP contribution in [0.25, 0.3) is 11.1 Å². The lowest BCUT2D eigenvalue weighted by Gasteiger charge is -2.27. The Morgan fingerprint density at radius 1 is 0.741 bits per heavy atom. The van der Waals surface area contributed by atoms with Crippen molar-refractivity contribution >= 4 is 0 Å². The van der Waals surface area contributed by atoms with E-state index in [1.165, 1.54) is 12.1 Å². The third kappa shape index (κ3) is 3.27. The zero-order valence-corrected chi connectivity index (χ0v) is 13.9. The highest BCUT2D eigenvalue weighted by molar-refractivity contribution is 5.66. The lowest BCUT2D eigenvalue weighted by atomic mass is 9.94. The van der Waals surface area contributed by atoms with Gasteiger partial charge in [0.15, 0.2) is 11.6 Å². The predicted molar refractivity (Wildman–Crippen MR) is 89.8 cm³/mol. The molecule has 138 valence electrons. The lowest BCUT2D eigenvalue weighted by molar-refractivity contribution is 0.171. The largest absolute Gasteiger partial charge is 0.485 e. The maximum atomic E-state index is 14.0. The number of ether oxygens (including phenoxy) is 1. The normalized spacial score (nSPS) is 16.0. The Balaban J connectivity index is 1.64. The Kier molecular flexibility index (Phi) is 4.34.